The number of nitrogens with one attached hydrogen (secondary N) is 1. The van der Waals surface area contributed by atoms with Gasteiger partial charge >= 0.3 is 5.69 Å². The van der Waals surface area contributed by atoms with E-state index in [4.69, 9.17) is 33.2 Å². The van der Waals surface area contributed by atoms with Crippen molar-refractivity contribution >= 4 is 23.2 Å². The lowest BCUT2D eigenvalue weighted by atomic mass is 10.3. The smallest absolute Gasteiger partial charge is 0.349 e. The van der Waals surface area contributed by atoms with E-state index in [2.05, 4.69) is 10.2 Å². The van der Waals surface area contributed by atoms with E-state index in [1.807, 2.05) is 11.9 Å². The number of benzene rings is 1. The highest BCUT2D eigenvalue weighted by Crippen LogP contribution is 2.37. The fraction of sp³-hybridized carbons (Fsp3) is 0.176. The van der Waals surface area contributed by atoms with E-state index in [1.54, 1.807) is 6.07 Å². The maximum atomic E-state index is 12.0. The standard InChI is InChI=1S/C17H12Cl2N6O4/c1-2-5-24-14(26)4-3-13(23-24)29-15-10(18)6-9(7-11(15)19)25-17(28)21-16(27)12(8-20)22-25/h3-4,6-7H,2,5H2,1H3,(H,21,27,28). The molecule has 0 aliphatic heterocycles. The summed E-state index contributed by atoms with van der Waals surface area (Å²) in [5, 5.41) is 16.7. The minimum atomic E-state index is -0.904. The molecule has 2 heterocycles. The van der Waals surface area contributed by atoms with Crippen molar-refractivity contribution in [2.24, 2.45) is 0 Å². The molecule has 0 saturated carbocycles. The van der Waals surface area contributed by atoms with Gasteiger partial charge in [-0.1, -0.05) is 30.1 Å². The van der Waals surface area contributed by atoms with Crippen LogP contribution in [0.1, 0.15) is 19.0 Å². The first kappa shape index (κ1) is 20.3. The number of nitrogens with zero attached hydrogens (tertiary/aromatic N) is 5. The molecular weight excluding hydrogens is 423 g/mol. The van der Waals surface area contributed by atoms with Crippen molar-refractivity contribution in [2.45, 2.75) is 19.9 Å². The number of aromatic amines is 1. The SMILES string of the molecule is CCCn1nc(Oc2c(Cl)cc(-n3nc(C#N)c(=O)[nH]c3=O)cc2Cl)ccc1=O. The molecule has 0 amide bonds. The number of rotatable bonds is 5. The van der Waals surface area contributed by atoms with Crippen LogP contribution in [0.3, 0.4) is 0 Å². The van der Waals surface area contributed by atoms with Crippen LogP contribution in [0.2, 0.25) is 10.0 Å². The second-order valence-electron chi connectivity index (χ2n) is 5.71. The van der Waals surface area contributed by atoms with Gasteiger partial charge in [0.25, 0.3) is 11.1 Å². The highest BCUT2D eigenvalue weighted by Gasteiger charge is 2.16. The van der Waals surface area contributed by atoms with Gasteiger partial charge in [-0.25, -0.2) is 9.48 Å². The molecule has 0 fully saturated rings. The lowest BCUT2D eigenvalue weighted by molar-refractivity contribution is 0.427. The summed E-state index contributed by atoms with van der Waals surface area (Å²) in [6, 6.07) is 6.91. The van der Waals surface area contributed by atoms with Crippen molar-refractivity contribution in [3.63, 3.8) is 0 Å². The molecule has 2 aromatic heterocycles. The van der Waals surface area contributed by atoms with Gasteiger partial charge < -0.3 is 4.74 Å². The summed E-state index contributed by atoms with van der Waals surface area (Å²) in [5.41, 5.74) is -2.44. The molecule has 1 N–H and O–H groups in total. The number of H-pyrrole nitrogens is 1. The Bertz CT molecular complexity index is 1280. The molecule has 1 aromatic carbocycles. The molecule has 0 bridgehead atoms. The van der Waals surface area contributed by atoms with Crippen LogP contribution in [0.25, 0.3) is 5.69 Å². The molecule has 3 rings (SSSR count). The molecule has 0 aliphatic carbocycles. The average Bonchev–Trinajstić information content (AvgIpc) is 2.67. The van der Waals surface area contributed by atoms with Crippen molar-refractivity contribution in [1.29, 1.82) is 5.26 Å². The number of aromatic nitrogens is 5. The molecule has 10 nitrogen and oxygen atoms in total. The topological polar surface area (TPSA) is 136 Å². The molecule has 0 unspecified atom stereocenters. The van der Waals surface area contributed by atoms with E-state index in [0.29, 0.717) is 13.0 Å². The zero-order valence-corrected chi connectivity index (χ0v) is 16.4. The van der Waals surface area contributed by atoms with E-state index in [1.165, 1.54) is 28.9 Å². The Morgan fingerprint density at radius 3 is 2.48 bits per heavy atom. The van der Waals surface area contributed by atoms with Crippen LogP contribution in [-0.2, 0) is 6.54 Å². The third-order valence-corrected chi connectivity index (χ3v) is 4.21. The van der Waals surface area contributed by atoms with Crippen LogP contribution in [0.15, 0.2) is 38.6 Å². The van der Waals surface area contributed by atoms with Gasteiger partial charge in [-0.15, -0.1) is 10.2 Å². The lowest BCUT2D eigenvalue weighted by Gasteiger charge is -2.12. The second kappa shape index (κ2) is 8.30. The molecule has 12 heteroatoms. The molecule has 0 atom stereocenters. The van der Waals surface area contributed by atoms with Gasteiger partial charge in [0.15, 0.2) is 5.75 Å². The van der Waals surface area contributed by atoms with E-state index < -0.39 is 16.9 Å². The van der Waals surface area contributed by atoms with Gasteiger partial charge in [0.1, 0.15) is 6.07 Å². The zero-order valence-electron chi connectivity index (χ0n) is 14.8. The van der Waals surface area contributed by atoms with E-state index in [0.717, 1.165) is 4.68 Å². The monoisotopic (exact) mass is 434 g/mol. The predicted octanol–water partition coefficient (Wildman–Crippen LogP) is 1.86. The Morgan fingerprint density at radius 2 is 1.86 bits per heavy atom. The number of aryl methyl sites for hydroxylation is 1. The van der Waals surface area contributed by atoms with Crippen LogP contribution in [0.4, 0.5) is 0 Å². The largest absolute Gasteiger partial charge is 0.434 e. The lowest BCUT2D eigenvalue weighted by Crippen LogP contribution is -2.33. The van der Waals surface area contributed by atoms with E-state index >= 15 is 0 Å². The van der Waals surface area contributed by atoms with Gasteiger partial charge in [-0.05, 0) is 18.6 Å². The number of hydrogen-bond acceptors (Lipinski definition) is 7. The van der Waals surface area contributed by atoms with Crippen molar-refractivity contribution in [3.05, 3.63) is 71.2 Å². The van der Waals surface area contributed by atoms with Crippen molar-refractivity contribution in [1.82, 2.24) is 24.5 Å². The number of halogens is 2. The average molecular weight is 435 g/mol. The van der Waals surface area contributed by atoms with Crippen LogP contribution in [0.5, 0.6) is 11.6 Å². The summed E-state index contributed by atoms with van der Waals surface area (Å²) in [4.78, 5) is 37.2. The third-order valence-electron chi connectivity index (χ3n) is 3.65. The molecule has 148 valence electrons. The summed E-state index contributed by atoms with van der Waals surface area (Å²) >= 11 is 12.5. The maximum absolute atomic E-state index is 12.0. The zero-order chi connectivity index (χ0) is 21.1. The number of ether oxygens (including phenoxy) is 1. The Balaban J connectivity index is 2.03. The van der Waals surface area contributed by atoms with Crippen molar-refractivity contribution in [3.8, 4) is 23.4 Å². The Labute approximate surface area is 172 Å². The van der Waals surface area contributed by atoms with Crippen LogP contribution in [0, 0.1) is 11.3 Å². The van der Waals surface area contributed by atoms with Crippen LogP contribution >= 0.6 is 23.2 Å². The molecule has 0 aliphatic rings. The molecule has 3 aromatic rings. The highest BCUT2D eigenvalue weighted by molar-refractivity contribution is 6.37. The first-order valence-electron chi connectivity index (χ1n) is 8.23. The third kappa shape index (κ3) is 4.21. The van der Waals surface area contributed by atoms with E-state index in [-0.39, 0.29) is 32.9 Å². The summed E-state index contributed by atoms with van der Waals surface area (Å²) in [5.74, 6) is 0.143. The van der Waals surface area contributed by atoms with Gasteiger partial charge in [-0.2, -0.15) is 9.94 Å². The minimum absolute atomic E-state index is 0.0148. The van der Waals surface area contributed by atoms with Gasteiger partial charge in [0.05, 0.1) is 15.7 Å². The Morgan fingerprint density at radius 1 is 1.17 bits per heavy atom. The molecular formula is C17H12Cl2N6O4. The van der Waals surface area contributed by atoms with E-state index in [9.17, 15) is 14.4 Å². The minimum Gasteiger partial charge on any atom is -0.434 e. The fourth-order valence-corrected chi connectivity index (χ4v) is 2.93. The maximum Gasteiger partial charge on any atom is 0.349 e. The Hall–Kier alpha value is -3.42. The number of nitriles is 1. The van der Waals surface area contributed by atoms with Gasteiger partial charge in [-0.3, -0.25) is 14.6 Å². The van der Waals surface area contributed by atoms with Gasteiger partial charge in [0, 0.05) is 18.7 Å². The van der Waals surface area contributed by atoms with Gasteiger partial charge in [0.2, 0.25) is 11.6 Å². The molecule has 0 radical (unpaired) electrons. The van der Waals surface area contributed by atoms with Crippen LogP contribution in [-0.4, -0.2) is 24.5 Å². The molecule has 0 spiro atoms. The second-order valence-corrected chi connectivity index (χ2v) is 6.52. The first-order valence-corrected chi connectivity index (χ1v) is 8.98. The first-order chi connectivity index (χ1) is 13.8. The summed E-state index contributed by atoms with van der Waals surface area (Å²) in [6.07, 6.45) is 0.707. The summed E-state index contributed by atoms with van der Waals surface area (Å²) < 4.78 is 7.64. The number of hydrogen-bond donors (Lipinski definition) is 1. The quantitative estimate of drug-likeness (QED) is 0.646. The Kier molecular flexibility index (Phi) is 5.81. The predicted molar refractivity (Wildman–Crippen MR) is 104 cm³/mol. The molecule has 0 saturated heterocycles. The molecule has 29 heavy (non-hydrogen) atoms. The van der Waals surface area contributed by atoms with Crippen molar-refractivity contribution in [2.75, 3.05) is 0 Å². The normalized spacial score (nSPS) is 10.6. The fourth-order valence-electron chi connectivity index (χ4n) is 2.38. The summed E-state index contributed by atoms with van der Waals surface area (Å²) in [7, 11) is 0. The van der Waals surface area contributed by atoms with Crippen molar-refractivity contribution < 1.29 is 4.74 Å². The highest BCUT2D eigenvalue weighted by atomic mass is 35.5. The van der Waals surface area contributed by atoms with Crippen LogP contribution < -0.4 is 21.5 Å². The summed E-state index contributed by atoms with van der Waals surface area (Å²) in [6.45, 7) is 2.32.